The molecule has 2 aromatic heterocycles. The summed E-state index contributed by atoms with van der Waals surface area (Å²) in [7, 11) is 0. The summed E-state index contributed by atoms with van der Waals surface area (Å²) in [5, 5.41) is 12.4. The molecule has 1 atom stereocenters. The molecule has 2 aliphatic rings. The van der Waals surface area contributed by atoms with E-state index in [1.807, 2.05) is 52.9 Å². The summed E-state index contributed by atoms with van der Waals surface area (Å²) in [4.78, 5) is 32.7. The highest BCUT2D eigenvalue weighted by atomic mass is 32.1. The molecule has 0 saturated carbocycles. The van der Waals surface area contributed by atoms with E-state index in [0.717, 1.165) is 79.6 Å². The number of amides is 2. The maximum atomic E-state index is 13.2. The summed E-state index contributed by atoms with van der Waals surface area (Å²) in [6.45, 7) is 4.33. The molecule has 4 heterocycles. The molecule has 2 amide bonds. The molecule has 2 fully saturated rings. The van der Waals surface area contributed by atoms with Gasteiger partial charge >= 0.3 is 0 Å². The molecule has 0 aliphatic carbocycles. The van der Waals surface area contributed by atoms with E-state index in [2.05, 4.69) is 20.7 Å². The van der Waals surface area contributed by atoms with Gasteiger partial charge in [0.15, 0.2) is 11.4 Å². The number of ether oxygens (including phenoxy) is 1. The average molecular weight is 531 g/mol. The van der Waals surface area contributed by atoms with Crippen molar-refractivity contribution < 1.29 is 14.3 Å². The van der Waals surface area contributed by atoms with Gasteiger partial charge in [0.1, 0.15) is 4.88 Å². The first-order valence-electron chi connectivity index (χ1n) is 13.1. The van der Waals surface area contributed by atoms with Crippen molar-refractivity contribution in [1.29, 1.82) is 0 Å². The van der Waals surface area contributed by atoms with Crippen LogP contribution in [0.3, 0.4) is 0 Å². The topological polar surface area (TPSA) is 101 Å². The van der Waals surface area contributed by atoms with E-state index in [1.54, 1.807) is 12.4 Å². The lowest BCUT2D eigenvalue weighted by molar-refractivity contribution is -0.0366. The van der Waals surface area contributed by atoms with E-state index in [-0.39, 0.29) is 18.0 Å². The molecule has 10 heteroatoms. The number of rotatable bonds is 6. The van der Waals surface area contributed by atoms with E-state index in [9.17, 15) is 9.59 Å². The van der Waals surface area contributed by atoms with Crippen molar-refractivity contribution in [3.05, 3.63) is 64.8 Å². The van der Waals surface area contributed by atoms with Crippen molar-refractivity contribution in [2.24, 2.45) is 0 Å². The maximum absolute atomic E-state index is 13.2. The third kappa shape index (κ3) is 4.89. The second kappa shape index (κ2) is 10.5. The van der Waals surface area contributed by atoms with Crippen LogP contribution in [-0.4, -0.2) is 51.2 Å². The lowest BCUT2D eigenvalue weighted by atomic mass is 10.1. The zero-order valence-electron chi connectivity index (χ0n) is 21.3. The fourth-order valence-corrected chi connectivity index (χ4v) is 5.84. The van der Waals surface area contributed by atoms with Gasteiger partial charge in [-0.25, -0.2) is 9.67 Å². The lowest BCUT2D eigenvalue weighted by Crippen LogP contribution is -2.27. The van der Waals surface area contributed by atoms with Gasteiger partial charge in [-0.05, 0) is 68.9 Å². The normalized spacial score (nSPS) is 17.6. The van der Waals surface area contributed by atoms with Gasteiger partial charge in [0.25, 0.3) is 11.8 Å². The number of nitrogens with zero attached hydrogens (tertiary/aromatic N) is 4. The lowest BCUT2D eigenvalue weighted by Gasteiger charge is -2.23. The molecule has 2 saturated heterocycles. The highest BCUT2D eigenvalue weighted by molar-refractivity contribution is 7.17. The Morgan fingerprint density at radius 2 is 1.95 bits per heavy atom. The number of benzene rings is 2. The first-order valence-corrected chi connectivity index (χ1v) is 13.9. The number of thiazole rings is 1. The van der Waals surface area contributed by atoms with Gasteiger partial charge in [0, 0.05) is 36.3 Å². The SMILES string of the molecule is Cc1ccc2c(cnn2C2CCCCO2)c1NC(=O)c1cnc(Nc2cccc(C(=O)N3CCCC3)c2)s1. The van der Waals surface area contributed by atoms with Crippen molar-refractivity contribution >= 4 is 50.6 Å². The third-order valence-electron chi connectivity index (χ3n) is 7.14. The van der Waals surface area contributed by atoms with Gasteiger partial charge in [-0.15, -0.1) is 0 Å². The highest BCUT2D eigenvalue weighted by Gasteiger charge is 2.22. The minimum Gasteiger partial charge on any atom is -0.356 e. The Morgan fingerprint density at radius 3 is 2.76 bits per heavy atom. The fourth-order valence-electron chi connectivity index (χ4n) is 5.11. The van der Waals surface area contributed by atoms with Gasteiger partial charge in [-0.3, -0.25) is 9.59 Å². The number of nitrogens with one attached hydrogen (secondary N) is 2. The molecule has 0 spiro atoms. The van der Waals surface area contributed by atoms with Crippen molar-refractivity contribution in [1.82, 2.24) is 19.7 Å². The molecule has 4 aromatic rings. The summed E-state index contributed by atoms with van der Waals surface area (Å²) in [6.07, 6.45) is 8.51. The molecule has 2 aliphatic heterocycles. The molecule has 1 unspecified atom stereocenters. The Labute approximate surface area is 224 Å². The van der Waals surface area contributed by atoms with Gasteiger partial charge in [-0.2, -0.15) is 5.10 Å². The molecule has 2 aromatic carbocycles. The Kier molecular flexibility index (Phi) is 6.82. The number of likely N-dealkylation sites (tertiary alicyclic amines) is 1. The molecule has 38 heavy (non-hydrogen) atoms. The quantitative estimate of drug-likeness (QED) is 0.330. The third-order valence-corrected chi connectivity index (χ3v) is 8.05. The largest absolute Gasteiger partial charge is 0.356 e. The van der Waals surface area contributed by atoms with Gasteiger partial charge in [-0.1, -0.05) is 23.5 Å². The van der Waals surface area contributed by atoms with Gasteiger partial charge in [0.05, 0.1) is 23.6 Å². The predicted molar refractivity (Wildman–Crippen MR) is 148 cm³/mol. The van der Waals surface area contributed by atoms with Gasteiger partial charge < -0.3 is 20.3 Å². The Hall–Kier alpha value is -3.76. The van der Waals surface area contributed by atoms with Crippen LogP contribution in [0.2, 0.25) is 0 Å². The Bertz CT molecular complexity index is 1480. The van der Waals surface area contributed by atoms with Gasteiger partial charge in [0.2, 0.25) is 0 Å². The number of carbonyl (C=O) groups excluding carboxylic acids is 2. The molecular formula is C28H30N6O3S. The Balaban J connectivity index is 1.17. The van der Waals surface area contributed by atoms with Crippen LogP contribution in [0.15, 0.2) is 48.8 Å². The summed E-state index contributed by atoms with van der Waals surface area (Å²) in [5.74, 6) is -0.181. The predicted octanol–water partition coefficient (Wildman–Crippen LogP) is 5.73. The first-order chi connectivity index (χ1) is 18.6. The van der Waals surface area contributed by atoms with E-state index in [0.29, 0.717) is 15.6 Å². The summed E-state index contributed by atoms with van der Waals surface area (Å²) in [5.41, 5.74) is 4.04. The van der Waals surface area contributed by atoms with Crippen LogP contribution in [0, 0.1) is 6.92 Å². The van der Waals surface area contributed by atoms with Crippen LogP contribution in [0.25, 0.3) is 10.9 Å². The number of fused-ring (bicyclic) bond motifs is 1. The molecule has 6 rings (SSSR count). The number of aromatic nitrogens is 3. The van der Waals surface area contributed by atoms with Crippen molar-refractivity contribution in [3.8, 4) is 0 Å². The van der Waals surface area contributed by atoms with E-state index < -0.39 is 0 Å². The number of aryl methyl sites for hydroxylation is 1. The van der Waals surface area contributed by atoms with E-state index in [4.69, 9.17) is 4.74 Å². The van der Waals surface area contributed by atoms with Crippen LogP contribution in [0.4, 0.5) is 16.5 Å². The number of anilines is 3. The number of hydrogen-bond donors (Lipinski definition) is 2. The van der Waals surface area contributed by atoms with Crippen LogP contribution >= 0.6 is 11.3 Å². The summed E-state index contributed by atoms with van der Waals surface area (Å²) < 4.78 is 7.84. The van der Waals surface area contributed by atoms with Crippen molar-refractivity contribution in [2.45, 2.75) is 45.3 Å². The summed E-state index contributed by atoms with van der Waals surface area (Å²) in [6, 6.07) is 11.4. The molecular weight excluding hydrogens is 500 g/mol. The Morgan fingerprint density at radius 1 is 1.08 bits per heavy atom. The minimum atomic E-state index is -0.231. The monoisotopic (exact) mass is 530 g/mol. The average Bonchev–Trinajstić information content (AvgIpc) is 3.72. The van der Waals surface area contributed by atoms with E-state index in [1.165, 1.54) is 11.3 Å². The number of carbonyl (C=O) groups is 2. The molecule has 9 nitrogen and oxygen atoms in total. The van der Waals surface area contributed by atoms with Crippen LogP contribution < -0.4 is 10.6 Å². The zero-order valence-corrected chi connectivity index (χ0v) is 22.1. The molecule has 2 N–H and O–H groups in total. The smallest absolute Gasteiger partial charge is 0.267 e. The van der Waals surface area contributed by atoms with Crippen LogP contribution in [-0.2, 0) is 4.74 Å². The molecule has 196 valence electrons. The standard InChI is InChI=1S/C28H30N6O3S/c1-18-10-11-22-21(16-30-34(22)24-9-2-5-14-37-24)25(18)32-26(35)23-17-29-28(38-23)31-20-8-6-7-19(15-20)27(36)33-12-3-4-13-33/h6-8,10-11,15-17,24H,2-5,9,12-14H2,1H3,(H,29,31)(H,32,35). The second-order valence-electron chi connectivity index (χ2n) is 9.79. The van der Waals surface area contributed by atoms with Crippen molar-refractivity contribution in [3.63, 3.8) is 0 Å². The number of hydrogen-bond acceptors (Lipinski definition) is 7. The van der Waals surface area contributed by atoms with Crippen molar-refractivity contribution in [2.75, 3.05) is 30.3 Å². The second-order valence-corrected chi connectivity index (χ2v) is 10.8. The highest BCUT2D eigenvalue weighted by Crippen LogP contribution is 2.32. The minimum absolute atomic E-state index is 0.0493. The van der Waals surface area contributed by atoms with E-state index >= 15 is 0 Å². The first kappa shape index (κ1) is 24.6. The fraction of sp³-hybridized carbons (Fsp3) is 0.357. The van der Waals surface area contributed by atoms with Crippen LogP contribution in [0.5, 0.6) is 0 Å². The maximum Gasteiger partial charge on any atom is 0.267 e. The summed E-state index contributed by atoms with van der Waals surface area (Å²) >= 11 is 1.26. The zero-order chi connectivity index (χ0) is 26.1. The van der Waals surface area contributed by atoms with Crippen LogP contribution in [0.1, 0.15) is 63.9 Å². The molecule has 0 bridgehead atoms. The molecule has 0 radical (unpaired) electrons.